The topological polar surface area (TPSA) is 43.1 Å². The van der Waals surface area contributed by atoms with Gasteiger partial charge in [-0.25, -0.2) is 0 Å². The first kappa shape index (κ1) is 18.5. The molecule has 0 aromatic heterocycles. The van der Waals surface area contributed by atoms with Crippen LogP contribution in [0, 0.1) is 11.5 Å². The number of hydrogen-bond donors (Lipinski definition) is 1. The van der Waals surface area contributed by atoms with Gasteiger partial charge in [-0.05, 0) is 66.3 Å². The lowest BCUT2D eigenvalue weighted by Gasteiger charge is -2.42. The van der Waals surface area contributed by atoms with Crippen molar-refractivity contribution in [3.8, 4) is 0 Å². The Labute approximate surface area is 167 Å². The molecule has 2 nitrogen and oxygen atoms in total. The van der Waals surface area contributed by atoms with Crippen molar-refractivity contribution in [2.75, 3.05) is 0 Å². The highest BCUT2D eigenvalue weighted by molar-refractivity contribution is 5.83. The SMILES string of the molecule is NC(=O)C(Cc1ccccc1)(Cc1ccccc1)C1CCCc2[c]cccc21. The lowest BCUT2D eigenvalue weighted by atomic mass is 9.61. The van der Waals surface area contributed by atoms with E-state index in [1.54, 1.807) is 0 Å². The van der Waals surface area contributed by atoms with Gasteiger partial charge in [-0.3, -0.25) is 4.79 Å². The van der Waals surface area contributed by atoms with Crippen molar-refractivity contribution >= 4 is 5.91 Å². The summed E-state index contributed by atoms with van der Waals surface area (Å²) >= 11 is 0. The summed E-state index contributed by atoms with van der Waals surface area (Å²) in [5, 5.41) is 0. The molecule has 0 saturated heterocycles. The normalized spacial score (nSPS) is 16.4. The van der Waals surface area contributed by atoms with Gasteiger partial charge in [0.15, 0.2) is 0 Å². The Morgan fingerprint density at radius 1 is 0.929 bits per heavy atom. The third kappa shape index (κ3) is 3.60. The summed E-state index contributed by atoms with van der Waals surface area (Å²) in [6.45, 7) is 0. The van der Waals surface area contributed by atoms with E-state index in [1.807, 2.05) is 48.5 Å². The molecule has 2 N–H and O–H groups in total. The van der Waals surface area contributed by atoms with E-state index < -0.39 is 5.41 Å². The third-order valence-corrected chi connectivity index (χ3v) is 6.16. The first-order valence-electron chi connectivity index (χ1n) is 10.1. The van der Waals surface area contributed by atoms with Crippen molar-refractivity contribution in [3.05, 3.63) is 107 Å². The van der Waals surface area contributed by atoms with Crippen molar-refractivity contribution < 1.29 is 4.79 Å². The van der Waals surface area contributed by atoms with Crippen LogP contribution in [0.15, 0.2) is 78.9 Å². The molecule has 1 unspecified atom stereocenters. The molecule has 141 valence electrons. The molecular weight excluding hydrogens is 342 g/mol. The molecule has 0 spiro atoms. The highest BCUT2D eigenvalue weighted by Gasteiger charge is 2.46. The zero-order valence-corrected chi connectivity index (χ0v) is 16.1. The predicted molar refractivity (Wildman–Crippen MR) is 113 cm³/mol. The van der Waals surface area contributed by atoms with Crippen LogP contribution in [-0.2, 0) is 24.1 Å². The van der Waals surface area contributed by atoms with Crippen LogP contribution in [0.3, 0.4) is 0 Å². The summed E-state index contributed by atoms with van der Waals surface area (Å²) in [5.74, 6) is -0.103. The maximum absolute atomic E-state index is 13.2. The molecule has 1 amide bonds. The van der Waals surface area contributed by atoms with E-state index in [4.69, 9.17) is 5.73 Å². The van der Waals surface area contributed by atoms with Gasteiger partial charge in [-0.2, -0.15) is 0 Å². The molecule has 1 atom stereocenters. The van der Waals surface area contributed by atoms with E-state index in [9.17, 15) is 4.79 Å². The number of carbonyl (C=O) groups is 1. The van der Waals surface area contributed by atoms with Gasteiger partial charge in [0, 0.05) is 0 Å². The minimum atomic E-state index is -0.660. The van der Waals surface area contributed by atoms with Crippen molar-refractivity contribution in [3.63, 3.8) is 0 Å². The Kier molecular flexibility index (Phi) is 5.29. The molecule has 28 heavy (non-hydrogen) atoms. The van der Waals surface area contributed by atoms with E-state index in [-0.39, 0.29) is 11.8 Å². The quantitative estimate of drug-likeness (QED) is 0.663. The van der Waals surface area contributed by atoms with Crippen molar-refractivity contribution in [1.29, 1.82) is 0 Å². The van der Waals surface area contributed by atoms with Crippen LogP contribution in [0.1, 0.15) is 41.0 Å². The number of hydrogen-bond acceptors (Lipinski definition) is 1. The minimum Gasteiger partial charge on any atom is -0.369 e. The smallest absolute Gasteiger partial charge is 0.224 e. The fourth-order valence-corrected chi connectivity index (χ4v) is 4.81. The number of amides is 1. The van der Waals surface area contributed by atoms with Crippen LogP contribution in [0.2, 0.25) is 0 Å². The van der Waals surface area contributed by atoms with Crippen LogP contribution in [-0.4, -0.2) is 5.91 Å². The molecule has 0 fully saturated rings. The van der Waals surface area contributed by atoms with Gasteiger partial charge in [-0.15, -0.1) is 0 Å². The Hall–Kier alpha value is -2.87. The fraction of sp³-hybridized carbons (Fsp3) is 0.269. The molecule has 0 aliphatic heterocycles. The number of nitrogens with two attached hydrogens (primary N) is 1. The molecule has 1 aliphatic rings. The van der Waals surface area contributed by atoms with E-state index in [2.05, 4.69) is 36.4 Å². The molecular formula is C26H26NO. The van der Waals surface area contributed by atoms with Gasteiger partial charge in [0.1, 0.15) is 0 Å². The first-order chi connectivity index (χ1) is 13.7. The highest BCUT2D eigenvalue weighted by Crippen LogP contribution is 2.48. The van der Waals surface area contributed by atoms with E-state index in [1.165, 1.54) is 11.1 Å². The molecule has 3 aromatic rings. The molecule has 0 heterocycles. The monoisotopic (exact) mass is 368 g/mol. The summed E-state index contributed by atoms with van der Waals surface area (Å²) in [5.41, 5.74) is 10.4. The largest absolute Gasteiger partial charge is 0.369 e. The lowest BCUT2D eigenvalue weighted by Crippen LogP contribution is -2.46. The molecule has 1 aliphatic carbocycles. The maximum Gasteiger partial charge on any atom is 0.224 e. The lowest BCUT2D eigenvalue weighted by molar-refractivity contribution is -0.129. The Morgan fingerprint density at radius 3 is 2.11 bits per heavy atom. The number of aryl methyl sites for hydroxylation is 1. The summed E-state index contributed by atoms with van der Waals surface area (Å²) < 4.78 is 0. The van der Waals surface area contributed by atoms with E-state index in [0.717, 1.165) is 30.4 Å². The Morgan fingerprint density at radius 2 is 1.54 bits per heavy atom. The van der Waals surface area contributed by atoms with Gasteiger partial charge in [0.2, 0.25) is 5.91 Å². The van der Waals surface area contributed by atoms with Crippen LogP contribution >= 0.6 is 0 Å². The number of benzene rings is 3. The molecule has 0 bridgehead atoms. The minimum absolute atomic E-state index is 0.103. The van der Waals surface area contributed by atoms with Gasteiger partial charge in [-0.1, -0.05) is 78.9 Å². The van der Waals surface area contributed by atoms with Crippen LogP contribution in [0.25, 0.3) is 0 Å². The second kappa shape index (κ2) is 8.02. The highest BCUT2D eigenvalue weighted by atomic mass is 16.1. The van der Waals surface area contributed by atoms with Gasteiger partial charge >= 0.3 is 0 Å². The van der Waals surface area contributed by atoms with E-state index in [0.29, 0.717) is 12.8 Å². The summed E-state index contributed by atoms with van der Waals surface area (Å²) in [6.07, 6.45) is 4.37. The van der Waals surface area contributed by atoms with Crippen molar-refractivity contribution in [1.82, 2.24) is 0 Å². The molecule has 2 heteroatoms. The zero-order valence-electron chi connectivity index (χ0n) is 16.1. The van der Waals surface area contributed by atoms with Crippen molar-refractivity contribution in [2.24, 2.45) is 11.1 Å². The average molecular weight is 369 g/mol. The molecule has 1 radical (unpaired) electrons. The number of carbonyl (C=O) groups excluding carboxylic acids is 1. The number of fused-ring (bicyclic) bond motifs is 1. The summed E-state index contributed by atoms with van der Waals surface area (Å²) in [4.78, 5) is 13.2. The van der Waals surface area contributed by atoms with Crippen LogP contribution < -0.4 is 5.73 Å². The second-order valence-electron chi connectivity index (χ2n) is 7.89. The van der Waals surface area contributed by atoms with Crippen LogP contribution in [0.4, 0.5) is 0 Å². The second-order valence-corrected chi connectivity index (χ2v) is 7.89. The zero-order chi connectivity index (χ0) is 19.4. The number of primary amides is 1. The average Bonchev–Trinajstić information content (AvgIpc) is 2.74. The van der Waals surface area contributed by atoms with Gasteiger partial charge in [0.25, 0.3) is 0 Å². The predicted octanol–water partition coefficient (Wildman–Crippen LogP) is 4.86. The van der Waals surface area contributed by atoms with E-state index >= 15 is 0 Å². The third-order valence-electron chi connectivity index (χ3n) is 6.16. The molecule has 0 saturated carbocycles. The van der Waals surface area contributed by atoms with Gasteiger partial charge in [0.05, 0.1) is 5.41 Å². The van der Waals surface area contributed by atoms with Gasteiger partial charge < -0.3 is 5.73 Å². The van der Waals surface area contributed by atoms with Crippen LogP contribution in [0.5, 0.6) is 0 Å². The number of rotatable bonds is 6. The summed E-state index contributed by atoms with van der Waals surface area (Å²) in [6, 6.07) is 30.1. The maximum atomic E-state index is 13.2. The Balaban J connectivity index is 1.84. The summed E-state index contributed by atoms with van der Waals surface area (Å²) in [7, 11) is 0. The van der Waals surface area contributed by atoms with Crippen molar-refractivity contribution in [2.45, 2.75) is 38.0 Å². The Bertz CT molecular complexity index is 891. The molecule has 3 aromatic carbocycles. The first-order valence-corrected chi connectivity index (χ1v) is 10.1. The fourth-order valence-electron chi connectivity index (χ4n) is 4.81. The molecule has 4 rings (SSSR count). The standard InChI is InChI=1S/C26H26NO/c27-25(28)26(18-20-10-3-1-4-11-20,19-21-12-5-2-6-13-21)24-17-9-15-22-14-7-8-16-23(22)24/h1-8,10-13,16,24H,9,15,17-19H2,(H2,27,28).